The van der Waals surface area contributed by atoms with Crippen LogP contribution in [0.3, 0.4) is 0 Å². The van der Waals surface area contributed by atoms with E-state index in [-0.39, 0.29) is 0 Å². The highest BCUT2D eigenvalue weighted by molar-refractivity contribution is 6.27. The van der Waals surface area contributed by atoms with E-state index < -0.39 is 23.8 Å². The summed E-state index contributed by atoms with van der Waals surface area (Å²) >= 11 is 0. The van der Waals surface area contributed by atoms with Crippen LogP contribution >= 0.6 is 0 Å². The Kier molecular flexibility index (Phi) is 8.98. The Morgan fingerprint density at radius 2 is 0.808 bits per heavy atom. The first-order valence-corrected chi connectivity index (χ1v) is 6.81. The van der Waals surface area contributed by atoms with Crippen molar-refractivity contribution in [3.8, 4) is 0 Å². The average molecular weight is 362 g/mol. The molecular weight excluding hydrogens is 344 g/mol. The summed E-state index contributed by atoms with van der Waals surface area (Å²) in [5.74, 6) is -4.51. The van der Waals surface area contributed by atoms with Gasteiger partial charge in [-0.1, -0.05) is 0 Å². The fraction of sp³-hybridized carbons (Fsp3) is 0. The van der Waals surface area contributed by atoms with Crippen molar-refractivity contribution in [2.75, 3.05) is 11.5 Å². The predicted octanol–water partition coefficient (Wildman–Crippen LogP) is -0.109. The predicted molar refractivity (Wildman–Crippen MR) is 94.0 cm³/mol. The first kappa shape index (κ1) is 21.9. The third-order valence-electron chi connectivity index (χ3n) is 2.57. The van der Waals surface area contributed by atoms with Gasteiger partial charge in [-0.2, -0.15) is 0 Å². The quantitative estimate of drug-likeness (QED) is 0.312. The lowest BCUT2D eigenvalue weighted by Crippen LogP contribution is -2.10. The van der Waals surface area contributed by atoms with Crippen LogP contribution in [0, 0.1) is 0 Å². The number of hydrogen-bond donors (Lipinski definition) is 6. The number of hydrogen-bond acceptors (Lipinski definition) is 6. The Morgan fingerprint density at radius 3 is 0.962 bits per heavy atom. The molecule has 2 aromatic carbocycles. The van der Waals surface area contributed by atoms with E-state index in [1.807, 2.05) is 0 Å². The summed E-state index contributed by atoms with van der Waals surface area (Å²) < 4.78 is 0. The number of carboxylic acid groups (broad SMARTS) is 2. The number of nitrogen functional groups attached to an aromatic ring is 2. The zero-order valence-corrected chi connectivity index (χ0v) is 13.5. The topological polar surface area (TPSA) is 213 Å². The molecule has 0 heterocycles. The Labute approximate surface area is 148 Å². The summed E-state index contributed by atoms with van der Waals surface area (Å²) in [6.45, 7) is 0. The summed E-state index contributed by atoms with van der Waals surface area (Å²) in [4.78, 5) is 39.2. The third kappa shape index (κ3) is 9.15. The smallest absolute Gasteiger partial charge is 0.414 e. The Hall–Kier alpha value is -4.08. The molecule has 10 nitrogen and oxygen atoms in total. The molecule has 0 unspecified atom stereocenters. The van der Waals surface area contributed by atoms with Crippen LogP contribution in [0.25, 0.3) is 0 Å². The van der Waals surface area contributed by atoms with Crippen molar-refractivity contribution < 1.29 is 29.4 Å². The van der Waals surface area contributed by atoms with Gasteiger partial charge in [0.1, 0.15) is 0 Å². The first-order chi connectivity index (χ1) is 12.0. The summed E-state index contributed by atoms with van der Waals surface area (Å²) in [5, 5.41) is 14.8. The highest BCUT2D eigenvalue weighted by Gasteiger charge is 2.04. The number of primary amides is 2. The van der Waals surface area contributed by atoms with Crippen LogP contribution in [0.2, 0.25) is 0 Å². The molecule has 26 heavy (non-hydrogen) atoms. The van der Waals surface area contributed by atoms with Crippen molar-refractivity contribution in [3.63, 3.8) is 0 Å². The maximum Gasteiger partial charge on any atom is 0.414 e. The number of nitrogens with two attached hydrogens (primary N) is 4. The monoisotopic (exact) mass is 362 g/mol. The maximum absolute atomic E-state index is 10.5. The Balaban J connectivity index is 0.000000375. The molecule has 0 fully saturated rings. The van der Waals surface area contributed by atoms with Gasteiger partial charge >= 0.3 is 11.9 Å². The molecule has 0 aliphatic heterocycles. The van der Waals surface area contributed by atoms with E-state index in [4.69, 9.17) is 42.7 Å². The minimum atomic E-state index is -1.82. The van der Waals surface area contributed by atoms with Gasteiger partial charge in [0.15, 0.2) is 0 Å². The molecule has 2 amide bonds. The lowest BCUT2D eigenvalue weighted by Gasteiger charge is -1.93. The van der Waals surface area contributed by atoms with E-state index >= 15 is 0 Å². The maximum atomic E-state index is 10.5. The number of amides is 2. The standard InChI is InChI=1S/2C7H8N2O.C2H2O4/c2*8-6-3-1-5(2-4-6)7(9)10;3-1(4)2(5)6/h2*1-4H,8H2,(H2,9,10);(H,3,4)(H,5,6). The number of carboxylic acids is 2. The molecule has 0 aromatic heterocycles. The summed E-state index contributed by atoms with van der Waals surface area (Å²) in [5.41, 5.74) is 22.9. The van der Waals surface area contributed by atoms with Crippen LogP contribution in [0.4, 0.5) is 11.4 Å². The van der Waals surface area contributed by atoms with Gasteiger partial charge in [0.2, 0.25) is 11.8 Å². The van der Waals surface area contributed by atoms with Gasteiger partial charge in [-0.15, -0.1) is 0 Å². The van der Waals surface area contributed by atoms with Gasteiger partial charge in [0.25, 0.3) is 0 Å². The fourth-order valence-corrected chi connectivity index (χ4v) is 1.29. The molecule has 10 heteroatoms. The minimum Gasteiger partial charge on any atom is -0.473 e. The second-order valence-corrected chi connectivity index (χ2v) is 4.58. The van der Waals surface area contributed by atoms with Gasteiger partial charge in [-0.05, 0) is 48.5 Å². The van der Waals surface area contributed by atoms with Gasteiger partial charge < -0.3 is 33.1 Å². The van der Waals surface area contributed by atoms with Crippen molar-refractivity contribution >= 4 is 35.1 Å². The molecule has 0 saturated carbocycles. The van der Waals surface area contributed by atoms with Crippen LogP contribution < -0.4 is 22.9 Å². The third-order valence-corrected chi connectivity index (χ3v) is 2.57. The minimum absolute atomic E-state index is 0.431. The van der Waals surface area contributed by atoms with Crippen LogP contribution in [-0.2, 0) is 9.59 Å². The second kappa shape index (κ2) is 10.6. The molecule has 2 rings (SSSR count). The largest absolute Gasteiger partial charge is 0.473 e. The molecule has 0 aliphatic rings. The van der Waals surface area contributed by atoms with Gasteiger partial charge in [0.05, 0.1) is 0 Å². The summed E-state index contributed by atoms with van der Waals surface area (Å²) in [6, 6.07) is 12.9. The fourth-order valence-electron chi connectivity index (χ4n) is 1.29. The van der Waals surface area contributed by atoms with Crippen molar-refractivity contribution in [1.29, 1.82) is 0 Å². The molecule has 138 valence electrons. The van der Waals surface area contributed by atoms with Gasteiger partial charge in [-0.25, -0.2) is 9.59 Å². The molecule has 0 bridgehead atoms. The molecule has 0 saturated heterocycles. The van der Waals surface area contributed by atoms with E-state index in [9.17, 15) is 9.59 Å². The number of benzene rings is 2. The highest BCUT2D eigenvalue weighted by Crippen LogP contribution is 2.04. The lowest BCUT2D eigenvalue weighted by molar-refractivity contribution is -0.159. The first-order valence-electron chi connectivity index (χ1n) is 6.81. The SMILES string of the molecule is NC(=O)c1ccc(N)cc1.NC(=O)c1ccc(N)cc1.O=C(O)C(=O)O. The van der Waals surface area contributed by atoms with Crippen LogP contribution in [0.15, 0.2) is 48.5 Å². The summed E-state index contributed by atoms with van der Waals surface area (Å²) in [7, 11) is 0. The molecule has 0 atom stereocenters. The Morgan fingerprint density at radius 1 is 0.577 bits per heavy atom. The highest BCUT2D eigenvalue weighted by atomic mass is 16.4. The zero-order valence-electron chi connectivity index (χ0n) is 13.5. The molecule has 2 aromatic rings. The van der Waals surface area contributed by atoms with Crippen LogP contribution in [0.1, 0.15) is 20.7 Å². The molecule has 0 aliphatic carbocycles. The van der Waals surface area contributed by atoms with E-state index in [1.165, 1.54) is 0 Å². The van der Waals surface area contributed by atoms with E-state index in [2.05, 4.69) is 0 Å². The van der Waals surface area contributed by atoms with E-state index in [0.717, 1.165) is 0 Å². The summed E-state index contributed by atoms with van der Waals surface area (Å²) in [6.07, 6.45) is 0. The Bertz CT molecular complexity index is 705. The van der Waals surface area contributed by atoms with Gasteiger partial charge in [0, 0.05) is 22.5 Å². The number of aliphatic carboxylic acids is 2. The van der Waals surface area contributed by atoms with Gasteiger partial charge in [-0.3, -0.25) is 9.59 Å². The number of anilines is 2. The lowest BCUT2D eigenvalue weighted by atomic mass is 10.2. The number of carbonyl (C=O) groups excluding carboxylic acids is 2. The number of carbonyl (C=O) groups is 4. The van der Waals surface area contributed by atoms with Crippen molar-refractivity contribution in [2.24, 2.45) is 11.5 Å². The molecule has 10 N–H and O–H groups in total. The van der Waals surface area contributed by atoms with E-state index in [1.54, 1.807) is 48.5 Å². The van der Waals surface area contributed by atoms with Crippen molar-refractivity contribution in [3.05, 3.63) is 59.7 Å². The van der Waals surface area contributed by atoms with Crippen molar-refractivity contribution in [2.45, 2.75) is 0 Å². The molecule has 0 radical (unpaired) electrons. The van der Waals surface area contributed by atoms with Crippen molar-refractivity contribution in [1.82, 2.24) is 0 Å². The number of rotatable bonds is 2. The normalized spacial score (nSPS) is 8.77. The van der Waals surface area contributed by atoms with Crippen LogP contribution in [0.5, 0.6) is 0 Å². The molecule has 0 spiro atoms. The van der Waals surface area contributed by atoms with Crippen LogP contribution in [-0.4, -0.2) is 34.0 Å². The average Bonchev–Trinajstić information content (AvgIpc) is 2.56. The second-order valence-electron chi connectivity index (χ2n) is 4.58. The van der Waals surface area contributed by atoms with E-state index in [0.29, 0.717) is 22.5 Å². The molecular formula is C16H18N4O6. The zero-order chi connectivity index (χ0) is 20.3.